The molecule has 1 aromatic heterocycles. The first-order valence-corrected chi connectivity index (χ1v) is 12.3. The van der Waals surface area contributed by atoms with E-state index in [1.54, 1.807) is 6.92 Å². The Bertz CT molecular complexity index is 808. The van der Waals surface area contributed by atoms with Gasteiger partial charge in [0.05, 0.1) is 12.5 Å². The number of nitrogens with zero attached hydrogens (tertiary/aromatic N) is 1. The number of hydrogen-bond acceptors (Lipinski definition) is 4. The standard InChI is InChI=1S/C25H39N3O4/c1-4-32-25(31)23-17(2)21(18(3)26-23)13-14-22(29)28-15-9-10-19(16-28)24(30)27-20-11-7-5-6-8-12-20/h19-20,26H,4-16H2,1-3H3,(H,27,30). The van der Waals surface area contributed by atoms with Crippen LogP contribution in [0.25, 0.3) is 0 Å². The van der Waals surface area contributed by atoms with Gasteiger partial charge >= 0.3 is 5.97 Å². The van der Waals surface area contributed by atoms with Crippen molar-refractivity contribution in [3.8, 4) is 0 Å². The largest absolute Gasteiger partial charge is 0.461 e. The summed E-state index contributed by atoms with van der Waals surface area (Å²) in [6.07, 6.45) is 9.71. The monoisotopic (exact) mass is 445 g/mol. The molecule has 3 rings (SSSR count). The van der Waals surface area contributed by atoms with E-state index in [4.69, 9.17) is 4.74 Å². The highest BCUT2D eigenvalue weighted by Crippen LogP contribution is 2.23. The fraction of sp³-hybridized carbons (Fsp3) is 0.720. The fourth-order valence-electron chi connectivity index (χ4n) is 5.12. The van der Waals surface area contributed by atoms with Gasteiger partial charge in [0.2, 0.25) is 11.8 Å². The van der Waals surface area contributed by atoms with Crippen molar-refractivity contribution in [3.05, 3.63) is 22.5 Å². The molecule has 0 aromatic carbocycles. The molecular formula is C25H39N3O4. The van der Waals surface area contributed by atoms with Gasteiger partial charge in [0, 0.05) is 31.2 Å². The number of piperidine rings is 1. The van der Waals surface area contributed by atoms with Crippen LogP contribution in [0.2, 0.25) is 0 Å². The quantitative estimate of drug-likeness (QED) is 0.493. The Morgan fingerprint density at radius 3 is 2.47 bits per heavy atom. The van der Waals surface area contributed by atoms with Crippen LogP contribution in [-0.2, 0) is 20.7 Å². The summed E-state index contributed by atoms with van der Waals surface area (Å²) in [5.74, 6) is -0.271. The van der Waals surface area contributed by atoms with Crippen LogP contribution < -0.4 is 5.32 Å². The molecule has 0 spiro atoms. The minimum absolute atomic E-state index is 0.0784. The Morgan fingerprint density at radius 2 is 1.78 bits per heavy atom. The van der Waals surface area contributed by atoms with E-state index >= 15 is 0 Å². The van der Waals surface area contributed by atoms with Gasteiger partial charge in [0.25, 0.3) is 0 Å². The zero-order chi connectivity index (χ0) is 23.1. The molecule has 32 heavy (non-hydrogen) atoms. The number of aryl methyl sites for hydroxylation is 1. The zero-order valence-corrected chi connectivity index (χ0v) is 19.9. The number of amides is 2. The van der Waals surface area contributed by atoms with Crippen LogP contribution in [0.15, 0.2) is 0 Å². The van der Waals surface area contributed by atoms with Crippen LogP contribution in [0.4, 0.5) is 0 Å². The minimum Gasteiger partial charge on any atom is -0.461 e. The number of esters is 1. The normalized spacial score (nSPS) is 20.0. The van der Waals surface area contributed by atoms with Crippen molar-refractivity contribution in [2.75, 3.05) is 19.7 Å². The second kappa shape index (κ2) is 11.5. The van der Waals surface area contributed by atoms with E-state index in [2.05, 4.69) is 10.3 Å². The van der Waals surface area contributed by atoms with Crippen molar-refractivity contribution in [1.29, 1.82) is 0 Å². The van der Waals surface area contributed by atoms with Gasteiger partial charge in [-0.15, -0.1) is 0 Å². The molecule has 1 aliphatic carbocycles. The molecule has 1 saturated carbocycles. The van der Waals surface area contributed by atoms with Crippen molar-refractivity contribution in [1.82, 2.24) is 15.2 Å². The van der Waals surface area contributed by atoms with Crippen molar-refractivity contribution in [2.24, 2.45) is 5.92 Å². The van der Waals surface area contributed by atoms with E-state index in [1.165, 1.54) is 25.7 Å². The highest BCUT2D eigenvalue weighted by Gasteiger charge is 2.30. The van der Waals surface area contributed by atoms with Crippen LogP contribution >= 0.6 is 0 Å². The number of rotatable bonds is 7. The summed E-state index contributed by atoms with van der Waals surface area (Å²) in [6, 6.07) is 0.296. The molecule has 1 atom stereocenters. The molecule has 0 radical (unpaired) electrons. The molecular weight excluding hydrogens is 406 g/mol. The summed E-state index contributed by atoms with van der Waals surface area (Å²) in [5.41, 5.74) is 3.23. The lowest BCUT2D eigenvalue weighted by Gasteiger charge is -2.33. The SMILES string of the molecule is CCOC(=O)c1[nH]c(C)c(CCC(=O)N2CCCC(C(=O)NC3CCCCCC3)C2)c1C. The Kier molecular flexibility index (Phi) is 8.76. The van der Waals surface area contributed by atoms with Gasteiger partial charge in [0.1, 0.15) is 5.69 Å². The van der Waals surface area contributed by atoms with Gasteiger partial charge in [-0.25, -0.2) is 4.79 Å². The summed E-state index contributed by atoms with van der Waals surface area (Å²) < 4.78 is 5.11. The first-order chi connectivity index (χ1) is 15.4. The van der Waals surface area contributed by atoms with Crippen LogP contribution in [0.5, 0.6) is 0 Å². The molecule has 0 bridgehead atoms. The Hall–Kier alpha value is -2.31. The zero-order valence-electron chi connectivity index (χ0n) is 19.9. The summed E-state index contributed by atoms with van der Waals surface area (Å²) in [4.78, 5) is 42.8. The van der Waals surface area contributed by atoms with E-state index in [9.17, 15) is 14.4 Å². The van der Waals surface area contributed by atoms with Gasteiger partial charge in [0.15, 0.2) is 0 Å². The average Bonchev–Trinajstić information content (AvgIpc) is 2.94. The molecule has 1 aliphatic heterocycles. The van der Waals surface area contributed by atoms with Crippen molar-refractivity contribution < 1.29 is 19.1 Å². The van der Waals surface area contributed by atoms with Crippen LogP contribution in [-0.4, -0.2) is 53.4 Å². The van der Waals surface area contributed by atoms with Gasteiger partial charge in [-0.2, -0.15) is 0 Å². The Morgan fingerprint density at radius 1 is 1.06 bits per heavy atom. The van der Waals surface area contributed by atoms with E-state index in [0.717, 1.165) is 42.5 Å². The number of carbonyl (C=O) groups is 3. The second-order valence-corrected chi connectivity index (χ2v) is 9.33. The molecule has 1 unspecified atom stereocenters. The maximum absolute atomic E-state index is 12.9. The maximum atomic E-state index is 12.9. The molecule has 178 valence electrons. The van der Waals surface area contributed by atoms with E-state index < -0.39 is 0 Å². The number of likely N-dealkylation sites (tertiary alicyclic amines) is 1. The molecule has 7 nitrogen and oxygen atoms in total. The molecule has 1 saturated heterocycles. The molecule has 1 aromatic rings. The molecule has 2 fully saturated rings. The average molecular weight is 446 g/mol. The molecule has 2 N–H and O–H groups in total. The van der Waals surface area contributed by atoms with E-state index in [1.807, 2.05) is 18.7 Å². The van der Waals surface area contributed by atoms with Gasteiger partial charge in [-0.05, 0) is 64.0 Å². The van der Waals surface area contributed by atoms with Gasteiger partial charge in [-0.1, -0.05) is 25.7 Å². The number of carbonyl (C=O) groups excluding carboxylic acids is 3. The lowest BCUT2D eigenvalue weighted by molar-refractivity contribution is -0.135. The van der Waals surface area contributed by atoms with E-state index in [-0.39, 0.29) is 23.7 Å². The summed E-state index contributed by atoms with van der Waals surface area (Å²) in [5, 5.41) is 3.26. The number of hydrogen-bond donors (Lipinski definition) is 2. The lowest BCUT2D eigenvalue weighted by Crippen LogP contribution is -2.47. The maximum Gasteiger partial charge on any atom is 0.355 e. The molecule has 7 heteroatoms. The van der Waals surface area contributed by atoms with Crippen LogP contribution in [0.1, 0.15) is 92.0 Å². The molecule has 2 amide bonds. The first-order valence-electron chi connectivity index (χ1n) is 12.3. The second-order valence-electron chi connectivity index (χ2n) is 9.33. The molecule has 2 aliphatic rings. The third-order valence-corrected chi connectivity index (χ3v) is 7.01. The van der Waals surface area contributed by atoms with Gasteiger partial charge < -0.3 is 19.9 Å². The third-order valence-electron chi connectivity index (χ3n) is 7.01. The van der Waals surface area contributed by atoms with Crippen molar-refractivity contribution in [2.45, 2.75) is 91.0 Å². The highest BCUT2D eigenvalue weighted by atomic mass is 16.5. The highest BCUT2D eigenvalue weighted by molar-refractivity contribution is 5.90. The van der Waals surface area contributed by atoms with Crippen molar-refractivity contribution >= 4 is 17.8 Å². The number of aromatic nitrogens is 1. The van der Waals surface area contributed by atoms with Crippen LogP contribution in [0.3, 0.4) is 0 Å². The summed E-state index contributed by atoms with van der Waals surface area (Å²) in [6.45, 7) is 7.15. The topological polar surface area (TPSA) is 91.5 Å². The number of ether oxygens (including phenoxy) is 1. The number of H-pyrrole nitrogens is 1. The minimum atomic E-state index is -0.357. The smallest absolute Gasteiger partial charge is 0.355 e. The number of nitrogens with one attached hydrogen (secondary N) is 2. The lowest BCUT2D eigenvalue weighted by atomic mass is 9.95. The van der Waals surface area contributed by atoms with Crippen LogP contribution in [0, 0.1) is 19.8 Å². The fourth-order valence-corrected chi connectivity index (χ4v) is 5.12. The molecule has 2 heterocycles. The first kappa shape index (κ1) is 24.3. The summed E-state index contributed by atoms with van der Waals surface area (Å²) >= 11 is 0. The van der Waals surface area contributed by atoms with Crippen molar-refractivity contribution in [3.63, 3.8) is 0 Å². The predicted octanol–water partition coefficient (Wildman–Crippen LogP) is 3.82. The predicted molar refractivity (Wildman–Crippen MR) is 123 cm³/mol. The third kappa shape index (κ3) is 6.14. The van der Waals surface area contributed by atoms with E-state index in [0.29, 0.717) is 44.3 Å². The van der Waals surface area contributed by atoms with Gasteiger partial charge in [-0.3, -0.25) is 9.59 Å². The Balaban J connectivity index is 1.53. The Labute approximate surface area is 191 Å². The number of aromatic amines is 1. The summed E-state index contributed by atoms with van der Waals surface area (Å²) in [7, 11) is 0.